The Morgan fingerprint density at radius 3 is 2.75 bits per heavy atom. The number of hydrogen-bond acceptors (Lipinski definition) is 7. The second kappa shape index (κ2) is 9.97. The van der Waals surface area contributed by atoms with E-state index in [0.717, 1.165) is 17.5 Å². The maximum atomic E-state index is 13.2. The van der Waals surface area contributed by atoms with E-state index in [4.69, 9.17) is 14.5 Å². The van der Waals surface area contributed by atoms with Crippen LogP contribution in [0.15, 0.2) is 53.4 Å². The van der Waals surface area contributed by atoms with Crippen molar-refractivity contribution in [2.24, 2.45) is 0 Å². The average Bonchev–Trinajstić information content (AvgIpc) is 3.47. The number of nitrogens with zero attached hydrogens (tertiary/aromatic N) is 2. The second-order valence-corrected chi connectivity index (χ2v) is 10.7. The van der Waals surface area contributed by atoms with E-state index < -0.39 is 9.84 Å². The molecule has 0 spiro atoms. The van der Waals surface area contributed by atoms with Gasteiger partial charge in [-0.15, -0.1) is 0 Å². The molecule has 1 unspecified atom stereocenters. The zero-order chi connectivity index (χ0) is 22.6. The lowest BCUT2D eigenvalue weighted by Crippen LogP contribution is -2.38. The van der Waals surface area contributed by atoms with Crippen molar-refractivity contribution >= 4 is 42.4 Å². The molecule has 1 aliphatic heterocycles. The molecule has 0 bridgehead atoms. The second-order valence-electron chi connectivity index (χ2n) is 7.55. The van der Waals surface area contributed by atoms with Gasteiger partial charge in [0.2, 0.25) is 5.91 Å². The lowest BCUT2D eigenvalue weighted by molar-refractivity contribution is -0.118. The zero-order valence-electron chi connectivity index (χ0n) is 17.9. The lowest BCUT2D eigenvalue weighted by atomic mass is 10.2. The van der Waals surface area contributed by atoms with Crippen molar-refractivity contribution in [3.8, 4) is 5.75 Å². The molecule has 1 atom stereocenters. The first-order chi connectivity index (χ1) is 15.5. The Morgan fingerprint density at radius 1 is 1.22 bits per heavy atom. The molecule has 9 heteroatoms. The quantitative estimate of drug-likeness (QED) is 0.465. The van der Waals surface area contributed by atoms with E-state index in [0.29, 0.717) is 36.2 Å². The molecule has 32 heavy (non-hydrogen) atoms. The molecular formula is C23H26N2O5S2. The number of benzene rings is 2. The first-order valence-corrected chi connectivity index (χ1v) is 13.2. The van der Waals surface area contributed by atoms with Crippen molar-refractivity contribution in [3.63, 3.8) is 0 Å². The van der Waals surface area contributed by atoms with Gasteiger partial charge in [0.25, 0.3) is 0 Å². The minimum absolute atomic E-state index is 0.0805. The molecule has 170 valence electrons. The van der Waals surface area contributed by atoms with Gasteiger partial charge >= 0.3 is 0 Å². The van der Waals surface area contributed by atoms with Gasteiger partial charge in [-0.05, 0) is 44.0 Å². The number of fused-ring (bicyclic) bond motifs is 1. The third-order valence-electron chi connectivity index (χ3n) is 5.30. The summed E-state index contributed by atoms with van der Waals surface area (Å²) in [7, 11) is -3.55. The number of aromatic nitrogens is 1. The summed E-state index contributed by atoms with van der Waals surface area (Å²) < 4.78 is 37.7. The molecule has 2 aromatic carbocycles. The Hall–Kier alpha value is -2.49. The molecule has 1 aliphatic rings. The van der Waals surface area contributed by atoms with Gasteiger partial charge in [-0.1, -0.05) is 35.6 Å². The van der Waals surface area contributed by atoms with Gasteiger partial charge in [0.15, 0.2) is 15.0 Å². The fourth-order valence-electron chi connectivity index (χ4n) is 3.68. The van der Waals surface area contributed by atoms with Crippen LogP contribution in [0.3, 0.4) is 0 Å². The predicted molar refractivity (Wildman–Crippen MR) is 125 cm³/mol. The van der Waals surface area contributed by atoms with E-state index >= 15 is 0 Å². The standard InChI is InChI=1S/C23H26N2O5S2/c1-2-29-19-11-6-12-20-22(19)24-23(31-20)25(16-17-8-7-14-30-17)21(26)13-15-32(27,28)18-9-4-3-5-10-18/h3-6,9-12,17H,2,7-8,13-16H2,1H3. The van der Waals surface area contributed by atoms with Crippen molar-refractivity contribution in [2.75, 3.05) is 30.4 Å². The van der Waals surface area contributed by atoms with Gasteiger partial charge in [-0.2, -0.15) is 0 Å². The highest BCUT2D eigenvalue weighted by molar-refractivity contribution is 7.91. The fourth-order valence-corrected chi connectivity index (χ4v) is 5.94. The number of carbonyl (C=O) groups is 1. The summed E-state index contributed by atoms with van der Waals surface area (Å²) in [5, 5.41) is 0.532. The number of sulfone groups is 1. The smallest absolute Gasteiger partial charge is 0.229 e. The highest BCUT2D eigenvalue weighted by Gasteiger charge is 2.28. The molecule has 7 nitrogen and oxygen atoms in total. The molecule has 1 aromatic heterocycles. The molecule has 0 radical (unpaired) electrons. The normalized spacial score (nSPS) is 16.3. The summed E-state index contributed by atoms with van der Waals surface area (Å²) in [5.41, 5.74) is 0.705. The lowest BCUT2D eigenvalue weighted by Gasteiger charge is -2.23. The summed E-state index contributed by atoms with van der Waals surface area (Å²) in [6.07, 6.45) is 1.60. The third-order valence-corrected chi connectivity index (χ3v) is 8.08. The van der Waals surface area contributed by atoms with Gasteiger partial charge < -0.3 is 9.47 Å². The van der Waals surface area contributed by atoms with Crippen molar-refractivity contribution < 1.29 is 22.7 Å². The number of hydrogen-bond donors (Lipinski definition) is 0. The highest BCUT2D eigenvalue weighted by Crippen LogP contribution is 2.35. The van der Waals surface area contributed by atoms with Crippen LogP contribution in [-0.2, 0) is 19.4 Å². The Kier molecular flexibility index (Phi) is 7.07. The van der Waals surface area contributed by atoms with Gasteiger partial charge in [-0.25, -0.2) is 13.4 Å². The number of para-hydroxylation sites is 1. The molecule has 3 aromatic rings. The van der Waals surface area contributed by atoms with Gasteiger partial charge in [0, 0.05) is 13.0 Å². The van der Waals surface area contributed by atoms with Crippen LogP contribution in [-0.4, -0.2) is 50.9 Å². The van der Waals surface area contributed by atoms with Crippen LogP contribution >= 0.6 is 11.3 Å². The van der Waals surface area contributed by atoms with Crippen molar-refractivity contribution in [3.05, 3.63) is 48.5 Å². The average molecular weight is 475 g/mol. The van der Waals surface area contributed by atoms with Gasteiger partial charge in [-0.3, -0.25) is 9.69 Å². The Balaban J connectivity index is 1.58. The van der Waals surface area contributed by atoms with E-state index in [1.165, 1.54) is 11.3 Å². The molecule has 0 N–H and O–H groups in total. The predicted octanol–water partition coefficient (Wildman–Crippen LogP) is 4.07. The summed E-state index contributed by atoms with van der Waals surface area (Å²) in [4.78, 5) is 19.7. The molecule has 0 aliphatic carbocycles. The Bertz CT molecular complexity index is 1170. The van der Waals surface area contributed by atoms with Crippen molar-refractivity contribution in [1.29, 1.82) is 0 Å². The largest absolute Gasteiger partial charge is 0.492 e. The number of thiazole rings is 1. The van der Waals surface area contributed by atoms with Crippen LogP contribution in [0, 0.1) is 0 Å². The monoisotopic (exact) mass is 474 g/mol. The summed E-state index contributed by atoms with van der Waals surface area (Å²) in [5.74, 6) is 0.133. The van der Waals surface area contributed by atoms with Crippen LogP contribution in [0.5, 0.6) is 5.75 Å². The summed E-state index contributed by atoms with van der Waals surface area (Å²) in [6.45, 7) is 3.45. The van der Waals surface area contributed by atoms with E-state index in [-0.39, 0.29) is 29.1 Å². The molecule has 1 fully saturated rings. The summed E-state index contributed by atoms with van der Waals surface area (Å²) >= 11 is 1.40. The highest BCUT2D eigenvalue weighted by atomic mass is 32.2. The maximum Gasteiger partial charge on any atom is 0.229 e. The van der Waals surface area contributed by atoms with E-state index in [1.54, 1.807) is 35.2 Å². The molecular weight excluding hydrogens is 448 g/mol. The molecule has 1 saturated heterocycles. The van der Waals surface area contributed by atoms with Crippen LogP contribution in [0.1, 0.15) is 26.2 Å². The molecule has 0 saturated carbocycles. The minimum atomic E-state index is -3.55. The van der Waals surface area contributed by atoms with Gasteiger partial charge in [0.1, 0.15) is 11.3 Å². The third kappa shape index (κ3) is 5.11. The molecule has 2 heterocycles. The maximum absolute atomic E-state index is 13.2. The van der Waals surface area contributed by atoms with Crippen LogP contribution in [0.25, 0.3) is 10.2 Å². The minimum Gasteiger partial charge on any atom is -0.492 e. The van der Waals surface area contributed by atoms with E-state index in [1.807, 2.05) is 25.1 Å². The molecule has 1 amide bonds. The first kappa shape index (κ1) is 22.7. The van der Waals surface area contributed by atoms with E-state index in [2.05, 4.69) is 0 Å². The fraction of sp³-hybridized carbons (Fsp3) is 0.391. The number of ether oxygens (including phenoxy) is 2. The summed E-state index contributed by atoms with van der Waals surface area (Å²) in [6, 6.07) is 13.9. The SMILES string of the molecule is CCOc1cccc2sc(N(CC3CCCO3)C(=O)CCS(=O)(=O)c3ccccc3)nc12. The van der Waals surface area contributed by atoms with Crippen LogP contribution < -0.4 is 9.64 Å². The number of anilines is 1. The van der Waals surface area contributed by atoms with Gasteiger partial charge in [0.05, 0.1) is 34.6 Å². The van der Waals surface area contributed by atoms with Crippen LogP contribution in [0.2, 0.25) is 0 Å². The Morgan fingerprint density at radius 2 is 2.03 bits per heavy atom. The number of amides is 1. The number of carbonyl (C=O) groups excluding carboxylic acids is 1. The zero-order valence-corrected chi connectivity index (χ0v) is 19.5. The Labute approximate surface area is 191 Å². The topological polar surface area (TPSA) is 85.8 Å². The van der Waals surface area contributed by atoms with Crippen molar-refractivity contribution in [1.82, 2.24) is 4.98 Å². The number of rotatable bonds is 9. The first-order valence-electron chi connectivity index (χ1n) is 10.7. The van der Waals surface area contributed by atoms with Crippen LogP contribution in [0.4, 0.5) is 5.13 Å². The van der Waals surface area contributed by atoms with E-state index in [9.17, 15) is 13.2 Å². The molecule has 4 rings (SSSR count). The van der Waals surface area contributed by atoms with Crippen molar-refractivity contribution in [2.45, 2.75) is 37.2 Å².